The topological polar surface area (TPSA) is 111 Å². The predicted octanol–water partition coefficient (Wildman–Crippen LogP) is 1.35. The molecular formula is C15H26ClN3O4S. The van der Waals surface area contributed by atoms with E-state index in [0.717, 1.165) is 12.7 Å². The van der Waals surface area contributed by atoms with Gasteiger partial charge >= 0.3 is 0 Å². The molecule has 1 aromatic rings. The van der Waals surface area contributed by atoms with E-state index in [4.69, 9.17) is 10.5 Å². The molecule has 0 aliphatic carbocycles. The summed E-state index contributed by atoms with van der Waals surface area (Å²) in [6, 6.07) is 6.00. The lowest BCUT2D eigenvalue weighted by Crippen LogP contribution is -2.45. The molecular weight excluding hydrogens is 354 g/mol. The van der Waals surface area contributed by atoms with Crippen molar-refractivity contribution in [1.82, 2.24) is 5.32 Å². The molecule has 7 nitrogen and oxygen atoms in total. The highest BCUT2D eigenvalue weighted by molar-refractivity contribution is 7.92. The Labute approximate surface area is 149 Å². The van der Waals surface area contributed by atoms with Crippen molar-refractivity contribution in [3.63, 3.8) is 0 Å². The van der Waals surface area contributed by atoms with Crippen LogP contribution in [0.5, 0.6) is 5.75 Å². The Bertz CT molecular complexity index is 608. The minimum atomic E-state index is -3.29. The monoisotopic (exact) mass is 379 g/mol. The van der Waals surface area contributed by atoms with Gasteiger partial charge in [0.05, 0.1) is 18.8 Å². The second-order valence-electron chi connectivity index (χ2n) is 5.45. The van der Waals surface area contributed by atoms with Gasteiger partial charge < -0.3 is 15.8 Å². The van der Waals surface area contributed by atoms with Gasteiger partial charge in [-0.05, 0) is 30.2 Å². The van der Waals surface area contributed by atoms with E-state index < -0.39 is 16.1 Å². The van der Waals surface area contributed by atoms with Crippen LogP contribution in [-0.2, 0) is 14.8 Å². The van der Waals surface area contributed by atoms with Crippen LogP contribution in [0.1, 0.15) is 20.3 Å². The van der Waals surface area contributed by atoms with Crippen LogP contribution in [0.2, 0.25) is 0 Å². The van der Waals surface area contributed by atoms with Crippen molar-refractivity contribution in [1.29, 1.82) is 0 Å². The zero-order valence-corrected chi connectivity index (χ0v) is 15.7. The number of benzene rings is 1. The van der Waals surface area contributed by atoms with Crippen molar-refractivity contribution in [3.8, 4) is 5.75 Å². The summed E-state index contributed by atoms with van der Waals surface area (Å²) in [4.78, 5) is 11.8. The Morgan fingerprint density at radius 2 is 1.88 bits per heavy atom. The zero-order valence-electron chi connectivity index (χ0n) is 14.1. The summed E-state index contributed by atoms with van der Waals surface area (Å²) in [5, 5.41) is 2.73. The van der Waals surface area contributed by atoms with Gasteiger partial charge in [-0.15, -0.1) is 12.4 Å². The maximum atomic E-state index is 11.8. The average Bonchev–Trinajstić information content (AvgIpc) is 2.49. The zero-order chi connectivity index (χ0) is 17.5. The Morgan fingerprint density at radius 1 is 1.29 bits per heavy atom. The van der Waals surface area contributed by atoms with E-state index in [-0.39, 0.29) is 24.2 Å². The van der Waals surface area contributed by atoms with Gasteiger partial charge in [0.15, 0.2) is 0 Å². The number of hydrogen-bond donors (Lipinski definition) is 3. The molecule has 24 heavy (non-hydrogen) atoms. The molecule has 0 saturated heterocycles. The van der Waals surface area contributed by atoms with Gasteiger partial charge in [0.2, 0.25) is 15.9 Å². The molecule has 2 atom stereocenters. The number of hydrogen-bond acceptors (Lipinski definition) is 5. The molecule has 0 fully saturated rings. The minimum Gasteiger partial charge on any atom is -0.492 e. The second-order valence-corrected chi connectivity index (χ2v) is 7.20. The van der Waals surface area contributed by atoms with E-state index in [9.17, 15) is 13.2 Å². The number of sulfonamides is 1. The fourth-order valence-corrected chi connectivity index (χ4v) is 2.37. The number of nitrogens with one attached hydrogen (secondary N) is 2. The highest BCUT2D eigenvalue weighted by Gasteiger charge is 2.18. The standard InChI is InChI=1S/C15H25N3O4S.ClH/c1-4-11(2)14(16)15(19)17-9-10-22-13-7-5-12(6-8-13)18-23(3,20)21;/h5-8,11,14,18H,4,9-10,16H2,1-3H3,(H,17,19);1H. The molecule has 1 rings (SSSR count). The Morgan fingerprint density at radius 3 is 2.38 bits per heavy atom. The van der Waals surface area contributed by atoms with E-state index in [1.807, 2.05) is 13.8 Å². The Balaban J connectivity index is 0.00000529. The van der Waals surface area contributed by atoms with Crippen LogP contribution in [0.3, 0.4) is 0 Å². The molecule has 0 radical (unpaired) electrons. The summed E-state index contributed by atoms with van der Waals surface area (Å²) in [6.45, 7) is 4.58. The van der Waals surface area contributed by atoms with E-state index in [2.05, 4.69) is 10.0 Å². The van der Waals surface area contributed by atoms with Crippen molar-refractivity contribution in [2.75, 3.05) is 24.1 Å². The predicted molar refractivity (Wildman–Crippen MR) is 98.1 cm³/mol. The fourth-order valence-electron chi connectivity index (χ4n) is 1.81. The molecule has 1 amide bonds. The average molecular weight is 380 g/mol. The van der Waals surface area contributed by atoms with Crippen LogP contribution < -0.4 is 20.5 Å². The van der Waals surface area contributed by atoms with Gasteiger partial charge in [-0.3, -0.25) is 9.52 Å². The summed E-state index contributed by atoms with van der Waals surface area (Å²) in [7, 11) is -3.29. The van der Waals surface area contributed by atoms with Gasteiger partial charge in [-0.25, -0.2) is 8.42 Å². The molecule has 0 aromatic heterocycles. The largest absolute Gasteiger partial charge is 0.492 e. The lowest BCUT2D eigenvalue weighted by molar-refractivity contribution is -0.123. The molecule has 0 bridgehead atoms. The van der Waals surface area contributed by atoms with Crippen molar-refractivity contribution in [2.24, 2.45) is 11.7 Å². The molecule has 0 saturated carbocycles. The second kappa shape index (κ2) is 10.4. The minimum absolute atomic E-state index is 0. The molecule has 138 valence electrons. The number of rotatable bonds is 9. The maximum Gasteiger partial charge on any atom is 0.237 e. The molecule has 0 spiro atoms. The van der Waals surface area contributed by atoms with Crippen LogP contribution in [-0.4, -0.2) is 39.8 Å². The molecule has 0 heterocycles. The van der Waals surface area contributed by atoms with Gasteiger partial charge in [-0.1, -0.05) is 20.3 Å². The molecule has 0 aliphatic heterocycles. The molecule has 4 N–H and O–H groups in total. The van der Waals surface area contributed by atoms with Crippen LogP contribution in [0.4, 0.5) is 5.69 Å². The number of halogens is 1. The first-order valence-electron chi connectivity index (χ1n) is 7.47. The van der Waals surface area contributed by atoms with Gasteiger partial charge in [0, 0.05) is 5.69 Å². The van der Waals surface area contributed by atoms with Crippen molar-refractivity contribution < 1.29 is 17.9 Å². The lowest BCUT2D eigenvalue weighted by Gasteiger charge is -2.17. The van der Waals surface area contributed by atoms with Gasteiger partial charge in [-0.2, -0.15) is 0 Å². The molecule has 0 aliphatic rings. The summed E-state index contributed by atoms with van der Waals surface area (Å²) < 4.78 is 30.0. The number of amides is 1. The van der Waals surface area contributed by atoms with E-state index in [1.165, 1.54) is 0 Å². The van der Waals surface area contributed by atoms with E-state index >= 15 is 0 Å². The fraction of sp³-hybridized carbons (Fsp3) is 0.533. The quantitative estimate of drug-likeness (QED) is 0.561. The van der Waals surface area contributed by atoms with E-state index in [1.54, 1.807) is 24.3 Å². The summed E-state index contributed by atoms with van der Waals surface area (Å²) in [5.74, 6) is 0.533. The number of carbonyl (C=O) groups is 1. The number of anilines is 1. The third-order valence-corrected chi connectivity index (χ3v) is 3.99. The SMILES string of the molecule is CCC(C)C(N)C(=O)NCCOc1ccc(NS(C)(=O)=O)cc1.Cl. The van der Waals surface area contributed by atoms with Gasteiger partial charge in [0.1, 0.15) is 12.4 Å². The highest BCUT2D eigenvalue weighted by atomic mass is 35.5. The molecule has 1 aromatic carbocycles. The number of nitrogens with two attached hydrogens (primary N) is 1. The lowest BCUT2D eigenvalue weighted by atomic mass is 9.99. The number of carbonyl (C=O) groups excluding carboxylic acids is 1. The maximum absolute atomic E-state index is 11.8. The third-order valence-electron chi connectivity index (χ3n) is 3.39. The summed E-state index contributed by atoms with van der Waals surface area (Å²) in [6.07, 6.45) is 1.93. The summed E-state index contributed by atoms with van der Waals surface area (Å²) in [5.41, 5.74) is 6.29. The Kier molecular flexibility index (Phi) is 9.72. The summed E-state index contributed by atoms with van der Waals surface area (Å²) >= 11 is 0. The molecule has 9 heteroatoms. The first-order chi connectivity index (χ1) is 10.7. The van der Waals surface area contributed by atoms with Crippen molar-refractivity contribution in [2.45, 2.75) is 26.3 Å². The Hall–Kier alpha value is -1.51. The third kappa shape index (κ3) is 8.37. The first-order valence-corrected chi connectivity index (χ1v) is 9.36. The van der Waals surface area contributed by atoms with Crippen molar-refractivity contribution >= 4 is 34.0 Å². The van der Waals surface area contributed by atoms with Crippen LogP contribution in [0, 0.1) is 5.92 Å². The smallest absolute Gasteiger partial charge is 0.237 e. The number of ether oxygens (including phenoxy) is 1. The van der Waals surface area contributed by atoms with Gasteiger partial charge in [0.25, 0.3) is 0 Å². The normalized spacial score (nSPS) is 13.3. The van der Waals surface area contributed by atoms with Crippen LogP contribution in [0.15, 0.2) is 24.3 Å². The van der Waals surface area contributed by atoms with Crippen molar-refractivity contribution in [3.05, 3.63) is 24.3 Å². The van der Waals surface area contributed by atoms with Crippen LogP contribution >= 0.6 is 12.4 Å². The highest BCUT2D eigenvalue weighted by Crippen LogP contribution is 2.16. The van der Waals surface area contributed by atoms with E-state index in [0.29, 0.717) is 24.6 Å². The molecule has 2 unspecified atom stereocenters. The van der Waals surface area contributed by atoms with Crippen LogP contribution in [0.25, 0.3) is 0 Å². The first kappa shape index (κ1) is 22.5.